The molecule has 0 aliphatic carbocycles. The van der Waals surface area contributed by atoms with Gasteiger partial charge < -0.3 is 18.8 Å². The van der Waals surface area contributed by atoms with Crippen LogP contribution in [0, 0.1) is 0 Å². The van der Waals surface area contributed by atoms with Crippen LogP contribution >= 0.6 is 0 Å². The van der Waals surface area contributed by atoms with Gasteiger partial charge in [0.05, 0.1) is 20.8 Å². The Balaban J connectivity index is 1.80. The summed E-state index contributed by atoms with van der Waals surface area (Å²) in [5, 5.41) is 1.11. The largest absolute Gasteiger partial charge is 0.496 e. The van der Waals surface area contributed by atoms with E-state index < -0.39 is 0 Å². The Morgan fingerprint density at radius 2 is 1.89 bits per heavy atom. The maximum atomic E-state index is 13.4. The van der Waals surface area contributed by atoms with Crippen LogP contribution < -0.4 is 14.2 Å². The third-order valence-corrected chi connectivity index (χ3v) is 5.38. The number of hydrogen-bond acceptors (Lipinski definition) is 4. The average molecular weight is 379 g/mol. The van der Waals surface area contributed by atoms with Gasteiger partial charge in [-0.1, -0.05) is 18.2 Å². The Kier molecular flexibility index (Phi) is 4.53. The summed E-state index contributed by atoms with van der Waals surface area (Å²) >= 11 is 0. The van der Waals surface area contributed by atoms with E-state index in [9.17, 15) is 4.79 Å². The number of nitrogens with zero attached hydrogens (tertiary/aromatic N) is 1. The Morgan fingerprint density at radius 3 is 2.64 bits per heavy atom. The van der Waals surface area contributed by atoms with E-state index in [2.05, 4.69) is 0 Å². The molecule has 0 spiro atoms. The first-order valence-electron chi connectivity index (χ1n) is 9.47. The molecule has 0 bridgehead atoms. The summed E-state index contributed by atoms with van der Waals surface area (Å²) < 4.78 is 19.3. The van der Waals surface area contributed by atoms with Crippen molar-refractivity contribution in [2.75, 3.05) is 14.2 Å². The summed E-state index contributed by atoms with van der Waals surface area (Å²) in [5.74, 6) is 1.73. The van der Waals surface area contributed by atoms with Crippen molar-refractivity contribution < 1.29 is 19.0 Å². The number of Topliss-reactive ketones (excluding diaryl/α,β-unsaturated/α-hetero) is 1. The predicted octanol–water partition coefficient (Wildman–Crippen LogP) is 4.65. The third kappa shape index (κ3) is 3.11. The van der Waals surface area contributed by atoms with Gasteiger partial charge in [0.1, 0.15) is 28.4 Å². The number of hydrogen-bond donors (Lipinski definition) is 0. The quantitative estimate of drug-likeness (QED) is 0.606. The molecule has 1 aliphatic rings. The smallest absolute Gasteiger partial charge is 0.189 e. The molecule has 0 N–H and O–H groups in total. The van der Waals surface area contributed by atoms with Crippen molar-refractivity contribution in [3.8, 4) is 17.2 Å². The summed E-state index contributed by atoms with van der Waals surface area (Å²) in [7, 11) is 3.19. The van der Waals surface area contributed by atoms with E-state index in [1.165, 1.54) is 0 Å². The monoisotopic (exact) mass is 379 g/mol. The zero-order chi connectivity index (χ0) is 19.9. The highest BCUT2D eigenvalue weighted by Gasteiger charge is 2.34. The molecule has 0 atom stereocenters. The van der Waals surface area contributed by atoms with Crippen molar-refractivity contribution in [1.29, 1.82) is 0 Å². The van der Waals surface area contributed by atoms with Crippen LogP contribution in [0.15, 0.2) is 42.6 Å². The van der Waals surface area contributed by atoms with Gasteiger partial charge in [-0.05, 0) is 44.2 Å². The lowest BCUT2D eigenvalue weighted by atomic mass is 9.90. The van der Waals surface area contributed by atoms with Crippen molar-refractivity contribution >= 4 is 16.7 Å². The van der Waals surface area contributed by atoms with E-state index in [0.717, 1.165) is 29.3 Å². The first-order chi connectivity index (χ1) is 13.4. The first-order valence-corrected chi connectivity index (χ1v) is 9.47. The fourth-order valence-corrected chi connectivity index (χ4v) is 3.88. The molecular formula is C23H25NO4. The molecule has 1 aliphatic heterocycles. The zero-order valence-electron chi connectivity index (χ0n) is 16.7. The van der Waals surface area contributed by atoms with Gasteiger partial charge in [-0.15, -0.1) is 0 Å². The summed E-state index contributed by atoms with van der Waals surface area (Å²) in [5.41, 5.74) is 2.10. The summed E-state index contributed by atoms with van der Waals surface area (Å²) in [4.78, 5) is 13.4. The van der Waals surface area contributed by atoms with Crippen molar-refractivity contribution in [1.82, 2.24) is 4.57 Å². The van der Waals surface area contributed by atoms with E-state index >= 15 is 0 Å². The number of carbonyl (C=O) groups is 1. The molecule has 0 saturated carbocycles. The topological polar surface area (TPSA) is 49.7 Å². The molecular weight excluding hydrogens is 354 g/mol. The van der Waals surface area contributed by atoms with E-state index in [-0.39, 0.29) is 17.9 Å². The summed E-state index contributed by atoms with van der Waals surface area (Å²) in [6.07, 6.45) is 3.59. The number of aromatic nitrogens is 1. The van der Waals surface area contributed by atoms with Gasteiger partial charge in [0, 0.05) is 23.3 Å². The lowest BCUT2D eigenvalue weighted by Gasteiger charge is -2.34. The highest BCUT2D eigenvalue weighted by atomic mass is 16.5. The molecule has 0 amide bonds. The SMILES string of the molecule is COc1cc(OC)c(C(=O)Cn2ccc3ccccc32)c2c1CCC(C)(C)O2. The minimum Gasteiger partial charge on any atom is -0.496 e. The highest BCUT2D eigenvalue weighted by molar-refractivity contribution is 6.02. The second-order valence-corrected chi connectivity index (χ2v) is 7.75. The van der Waals surface area contributed by atoms with Crippen LogP contribution in [0.4, 0.5) is 0 Å². The van der Waals surface area contributed by atoms with E-state index in [1.54, 1.807) is 20.3 Å². The highest BCUT2D eigenvalue weighted by Crippen LogP contribution is 2.45. The molecule has 146 valence electrons. The van der Waals surface area contributed by atoms with Crippen LogP contribution in [0.1, 0.15) is 36.2 Å². The van der Waals surface area contributed by atoms with Gasteiger partial charge in [-0.25, -0.2) is 0 Å². The van der Waals surface area contributed by atoms with Gasteiger partial charge in [-0.3, -0.25) is 4.79 Å². The van der Waals surface area contributed by atoms with Crippen LogP contribution in [-0.4, -0.2) is 30.2 Å². The van der Waals surface area contributed by atoms with Crippen molar-refractivity contribution in [2.45, 2.75) is 38.8 Å². The van der Waals surface area contributed by atoms with Crippen molar-refractivity contribution in [3.05, 3.63) is 53.7 Å². The molecule has 3 aromatic rings. The van der Waals surface area contributed by atoms with Crippen LogP contribution in [0.3, 0.4) is 0 Å². The zero-order valence-corrected chi connectivity index (χ0v) is 16.7. The maximum absolute atomic E-state index is 13.4. The molecule has 2 aromatic carbocycles. The molecule has 0 radical (unpaired) electrons. The molecule has 5 nitrogen and oxygen atoms in total. The van der Waals surface area contributed by atoms with E-state index in [1.807, 2.05) is 54.9 Å². The lowest BCUT2D eigenvalue weighted by molar-refractivity contribution is 0.0785. The number of rotatable bonds is 5. The summed E-state index contributed by atoms with van der Waals surface area (Å²) in [6, 6.07) is 11.8. The normalized spacial score (nSPS) is 15.0. The third-order valence-electron chi connectivity index (χ3n) is 5.38. The molecule has 1 aromatic heterocycles. The van der Waals surface area contributed by atoms with E-state index in [0.29, 0.717) is 22.8 Å². The van der Waals surface area contributed by atoms with Crippen LogP contribution in [-0.2, 0) is 13.0 Å². The van der Waals surface area contributed by atoms with Gasteiger partial charge in [0.15, 0.2) is 5.78 Å². The van der Waals surface area contributed by atoms with Gasteiger partial charge in [0.25, 0.3) is 0 Å². The number of methoxy groups -OCH3 is 2. The average Bonchev–Trinajstić information content (AvgIpc) is 3.08. The fourth-order valence-electron chi connectivity index (χ4n) is 3.88. The minimum absolute atomic E-state index is 0.0465. The number of para-hydroxylation sites is 1. The Hall–Kier alpha value is -2.95. The number of fused-ring (bicyclic) bond motifs is 2. The first kappa shape index (κ1) is 18.4. The Morgan fingerprint density at radius 1 is 1.14 bits per heavy atom. The molecule has 5 heteroatoms. The molecule has 2 heterocycles. The Labute approximate surface area is 164 Å². The second-order valence-electron chi connectivity index (χ2n) is 7.75. The molecule has 0 fully saturated rings. The standard InChI is InChI=1S/C23H25NO4/c1-23(2)11-9-16-19(26-3)13-20(27-4)21(22(16)28-23)18(25)14-24-12-10-15-7-5-6-8-17(15)24/h5-8,10,12-13H,9,11,14H2,1-4H3. The lowest BCUT2D eigenvalue weighted by Crippen LogP contribution is -2.34. The molecule has 4 rings (SSSR count). The summed E-state index contributed by atoms with van der Waals surface area (Å²) in [6.45, 7) is 4.29. The predicted molar refractivity (Wildman–Crippen MR) is 109 cm³/mol. The molecule has 0 saturated heterocycles. The van der Waals surface area contributed by atoms with Crippen LogP contribution in [0.5, 0.6) is 17.2 Å². The van der Waals surface area contributed by atoms with Gasteiger partial charge in [0.2, 0.25) is 0 Å². The van der Waals surface area contributed by atoms with Crippen molar-refractivity contribution in [2.24, 2.45) is 0 Å². The number of benzene rings is 2. The molecule has 28 heavy (non-hydrogen) atoms. The van der Waals surface area contributed by atoms with Crippen LogP contribution in [0.25, 0.3) is 10.9 Å². The maximum Gasteiger partial charge on any atom is 0.189 e. The van der Waals surface area contributed by atoms with Gasteiger partial charge >= 0.3 is 0 Å². The van der Waals surface area contributed by atoms with Gasteiger partial charge in [-0.2, -0.15) is 0 Å². The minimum atomic E-state index is -0.348. The number of ketones is 1. The van der Waals surface area contributed by atoms with Crippen molar-refractivity contribution in [3.63, 3.8) is 0 Å². The number of ether oxygens (including phenoxy) is 3. The van der Waals surface area contributed by atoms with Crippen LogP contribution in [0.2, 0.25) is 0 Å². The molecule has 0 unspecified atom stereocenters. The second kappa shape index (κ2) is 6.89. The number of carbonyl (C=O) groups excluding carboxylic acids is 1. The Bertz CT molecular complexity index is 1050. The van der Waals surface area contributed by atoms with E-state index in [4.69, 9.17) is 14.2 Å². The fraction of sp³-hybridized carbons (Fsp3) is 0.348.